The molecule has 0 aliphatic carbocycles. The van der Waals surface area contributed by atoms with E-state index >= 15 is 0 Å². The standard InChI is InChI=1S/C15H20O2/c1-3-4-10-15(16)17-12-13(2)11-14-8-6-5-7-9-14/h5-11,16H,3-4,12H2,1-2H3/b13-11+,15-10+. The fourth-order valence-corrected chi connectivity index (χ4v) is 1.39. The molecule has 92 valence electrons. The van der Waals surface area contributed by atoms with Gasteiger partial charge in [0, 0.05) is 0 Å². The van der Waals surface area contributed by atoms with Crippen molar-refractivity contribution in [2.45, 2.75) is 26.7 Å². The van der Waals surface area contributed by atoms with Crippen LogP contribution >= 0.6 is 0 Å². The van der Waals surface area contributed by atoms with Gasteiger partial charge >= 0.3 is 0 Å². The molecular formula is C15H20O2. The molecule has 0 fully saturated rings. The van der Waals surface area contributed by atoms with Crippen molar-refractivity contribution in [2.75, 3.05) is 6.61 Å². The molecule has 0 unspecified atom stereocenters. The van der Waals surface area contributed by atoms with E-state index < -0.39 is 0 Å². The first-order chi connectivity index (χ1) is 8.22. The van der Waals surface area contributed by atoms with Crippen LogP contribution in [0, 0.1) is 0 Å². The maximum Gasteiger partial charge on any atom is 0.272 e. The van der Waals surface area contributed by atoms with Crippen molar-refractivity contribution in [2.24, 2.45) is 0 Å². The first kappa shape index (κ1) is 13.4. The van der Waals surface area contributed by atoms with Crippen LogP contribution < -0.4 is 0 Å². The summed E-state index contributed by atoms with van der Waals surface area (Å²) in [7, 11) is 0. The van der Waals surface area contributed by atoms with Crippen LogP contribution in [0.3, 0.4) is 0 Å². The Morgan fingerprint density at radius 1 is 1.29 bits per heavy atom. The van der Waals surface area contributed by atoms with Gasteiger partial charge in [-0.2, -0.15) is 0 Å². The number of benzene rings is 1. The van der Waals surface area contributed by atoms with Crippen molar-refractivity contribution in [1.82, 2.24) is 0 Å². The van der Waals surface area contributed by atoms with Crippen LogP contribution in [0.25, 0.3) is 6.08 Å². The molecule has 0 radical (unpaired) electrons. The minimum atomic E-state index is 0.0210. The molecule has 0 atom stereocenters. The van der Waals surface area contributed by atoms with E-state index in [1.165, 1.54) is 0 Å². The van der Waals surface area contributed by atoms with Crippen molar-refractivity contribution in [3.05, 3.63) is 53.5 Å². The Hall–Kier alpha value is -1.70. The van der Waals surface area contributed by atoms with E-state index in [1.54, 1.807) is 6.08 Å². The predicted molar refractivity (Wildman–Crippen MR) is 71.7 cm³/mol. The summed E-state index contributed by atoms with van der Waals surface area (Å²) in [5, 5.41) is 9.41. The van der Waals surface area contributed by atoms with Gasteiger partial charge in [0.2, 0.25) is 0 Å². The van der Waals surface area contributed by atoms with Gasteiger partial charge in [0.05, 0.1) is 0 Å². The highest BCUT2D eigenvalue weighted by atomic mass is 16.6. The van der Waals surface area contributed by atoms with Crippen LogP contribution in [0.5, 0.6) is 0 Å². The number of unbranched alkanes of at least 4 members (excludes halogenated alkanes) is 1. The highest BCUT2D eigenvalue weighted by molar-refractivity contribution is 5.52. The molecule has 0 saturated heterocycles. The van der Waals surface area contributed by atoms with Crippen molar-refractivity contribution in [3.63, 3.8) is 0 Å². The lowest BCUT2D eigenvalue weighted by molar-refractivity contribution is 0.107. The first-order valence-electron chi connectivity index (χ1n) is 5.96. The number of aliphatic hydroxyl groups is 1. The Morgan fingerprint density at radius 2 is 2.00 bits per heavy atom. The molecule has 1 N–H and O–H groups in total. The van der Waals surface area contributed by atoms with E-state index in [1.807, 2.05) is 43.3 Å². The third kappa shape index (κ3) is 5.81. The zero-order valence-electron chi connectivity index (χ0n) is 10.5. The van der Waals surface area contributed by atoms with Gasteiger partial charge in [0.1, 0.15) is 6.61 Å². The van der Waals surface area contributed by atoms with E-state index in [0.717, 1.165) is 24.0 Å². The highest BCUT2D eigenvalue weighted by Crippen LogP contribution is 2.08. The van der Waals surface area contributed by atoms with E-state index in [0.29, 0.717) is 6.61 Å². The summed E-state index contributed by atoms with van der Waals surface area (Å²) in [5.74, 6) is 0.0210. The third-order valence-electron chi connectivity index (χ3n) is 2.27. The molecule has 17 heavy (non-hydrogen) atoms. The summed E-state index contributed by atoms with van der Waals surface area (Å²) in [6.45, 7) is 4.46. The third-order valence-corrected chi connectivity index (χ3v) is 2.27. The maximum absolute atomic E-state index is 9.41. The van der Waals surface area contributed by atoms with Crippen LogP contribution in [0.15, 0.2) is 47.9 Å². The predicted octanol–water partition coefficient (Wildman–Crippen LogP) is 4.31. The van der Waals surface area contributed by atoms with Gasteiger partial charge in [-0.05, 0) is 30.6 Å². The molecule has 0 bridgehead atoms. The van der Waals surface area contributed by atoms with Gasteiger partial charge in [-0.1, -0.05) is 49.8 Å². The minimum absolute atomic E-state index is 0.0210. The maximum atomic E-state index is 9.41. The van der Waals surface area contributed by atoms with Crippen LogP contribution in [0.1, 0.15) is 32.3 Å². The molecule has 1 aromatic carbocycles. The molecule has 1 aromatic rings. The quantitative estimate of drug-likeness (QED) is 0.741. The summed E-state index contributed by atoms with van der Waals surface area (Å²) in [5.41, 5.74) is 2.22. The second-order valence-corrected chi connectivity index (χ2v) is 4.02. The largest absolute Gasteiger partial charge is 0.481 e. The Bertz CT molecular complexity index is 377. The fourth-order valence-electron chi connectivity index (χ4n) is 1.39. The number of aliphatic hydroxyl groups excluding tert-OH is 1. The highest BCUT2D eigenvalue weighted by Gasteiger charge is 1.95. The number of rotatable bonds is 6. The number of ether oxygens (including phenoxy) is 1. The molecule has 0 heterocycles. The summed E-state index contributed by atoms with van der Waals surface area (Å²) in [6.07, 6.45) is 5.60. The Labute approximate surface area is 103 Å². The zero-order valence-corrected chi connectivity index (χ0v) is 10.5. The molecular weight excluding hydrogens is 212 g/mol. The van der Waals surface area contributed by atoms with Gasteiger partial charge < -0.3 is 9.84 Å². The lowest BCUT2D eigenvalue weighted by Gasteiger charge is -2.05. The van der Waals surface area contributed by atoms with Crippen molar-refractivity contribution in [1.29, 1.82) is 0 Å². The minimum Gasteiger partial charge on any atom is -0.481 e. The molecule has 0 aromatic heterocycles. The van der Waals surface area contributed by atoms with E-state index in [4.69, 9.17) is 4.74 Å². The summed E-state index contributed by atoms with van der Waals surface area (Å²) >= 11 is 0. The van der Waals surface area contributed by atoms with E-state index in [-0.39, 0.29) is 5.95 Å². The fraction of sp³-hybridized carbons (Fsp3) is 0.333. The number of hydrogen-bond donors (Lipinski definition) is 1. The monoisotopic (exact) mass is 232 g/mol. The van der Waals surface area contributed by atoms with Crippen molar-refractivity contribution >= 4 is 6.08 Å². The van der Waals surface area contributed by atoms with Crippen molar-refractivity contribution in [3.8, 4) is 0 Å². The number of hydrogen-bond acceptors (Lipinski definition) is 2. The van der Waals surface area contributed by atoms with Gasteiger partial charge in [0.15, 0.2) is 0 Å². The van der Waals surface area contributed by atoms with Crippen LogP contribution in [0.4, 0.5) is 0 Å². The van der Waals surface area contributed by atoms with Gasteiger partial charge in [-0.25, -0.2) is 0 Å². The molecule has 0 saturated carbocycles. The lowest BCUT2D eigenvalue weighted by Crippen LogP contribution is -1.95. The van der Waals surface area contributed by atoms with E-state index in [9.17, 15) is 5.11 Å². The smallest absolute Gasteiger partial charge is 0.272 e. The first-order valence-corrected chi connectivity index (χ1v) is 5.96. The molecule has 0 amide bonds. The Morgan fingerprint density at radius 3 is 2.65 bits per heavy atom. The summed E-state index contributed by atoms with van der Waals surface area (Å²) < 4.78 is 5.23. The Balaban J connectivity index is 2.44. The van der Waals surface area contributed by atoms with Gasteiger partial charge in [0.25, 0.3) is 5.95 Å². The SMILES string of the molecule is CCC/C=C(\O)OC/C(C)=C/c1ccccc1. The second kappa shape index (κ2) is 7.55. The van der Waals surface area contributed by atoms with Gasteiger partial charge in [-0.3, -0.25) is 0 Å². The molecule has 0 spiro atoms. The molecule has 2 heteroatoms. The molecule has 2 nitrogen and oxygen atoms in total. The van der Waals surface area contributed by atoms with Gasteiger partial charge in [-0.15, -0.1) is 0 Å². The Kier molecular flexibility index (Phi) is 5.94. The second-order valence-electron chi connectivity index (χ2n) is 4.02. The average molecular weight is 232 g/mol. The van der Waals surface area contributed by atoms with Crippen LogP contribution in [0.2, 0.25) is 0 Å². The molecule has 1 rings (SSSR count). The molecule has 0 aliphatic rings. The lowest BCUT2D eigenvalue weighted by atomic mass is 10.1. The van der Waals surface area contributed by atoms with Crippen molar-refractivity contribution < 1.29 is 9.84 Å². The van der Waals surface area contributed by atoms with Crippen LogP contribution in [-0.4, -0.2) is 11.7 Å². The number of allylic oxidation sites excluding steroid dienone is 1. The zero-order chi connectivity index (χ0) is 12.5. The van der Waals surface area contributed by atoms with Crippen LogP contribution in [-0.2, 0) is 4.74 Å². The summed E-state index contributed by atoms with van der Waals surface area (Å²) in [6, 6.07) is 10.1. The normalized spacial score (nSPS) is 12.6. The average Bonchev–Trinajstić information content (AvgIpc) is 2.35. The summed E-state index contributed by atoms with van der Waals surface area (Å²) in [4.78, 5) is 0. The molecule has 0 aliphatic heterocycles. The van der Waals surface area contributed by atoms with E-state index in [2.05, 4.69) is 6.92 Å². The topological polar surface area (TPSA) is 29.5 Å².